The standard InChI is InChI=1S/C11H13ClFNO2S/c1-2-3-4-8-14-17(15,16)10-7-5-6-9(12)11(10)13/h2-3,5-7,14H,4,8H2,1H3/b3-2+. The number of hydrogen-bond donors (Lipinski definition) is 1. The summed E-state index contributed by atoms with van der Waals surface area (Å²) in [5.74, 6) is -0.923. The number of rotatable bonds is 5. The number of halogens is 2. The summed E-state index contributed by atoms with van der Waals surface area (Å²) in [7, 11) is -3.84. The Labute approximate surface area is 105 Å². The predicted molar refractivity (Wildman–Crippen MR) is 66.0 cm³/mol. The van der Waals surface area contributed by atoms with Gasteiger partial charge in [-0.05, 0) is 25.5 Å². The maximum Gasteiger partial charge on any atom is 0.243 e. The largest absolute Gasteiger partial charge is 0.243 e. The summed E-state index contributed by atoms with van der Waals surface area (Å²) in [6.45, 7) is 2.06. The Kier molecular flexibility index (Phi) is 5.11. The van der Waals surface area contributed by atoms with Crippen molar-refractivity contribution < 1.29 is 12.8 Å². The van der Waals surface area contributed by atoms with Gasteiger partial charge in [0.1, 0.15) is 4.90 Å². The maximum absolute atomic E-state index is 13.5. The highest BCUT2D eigenvalue weighted by Gasteiger charge is 2.19. The molecular weight excluding hydrogens is 265 g/mol. The average Bonchev–Trinajstić information content (AvgIpc) is 2.28. The van der Waals surface area contributed by atoms with Crippen LogP contribution in [0.15, 0.2) is 35.2 Å². The first kappa shape index (κ1) is 14.2. The summed E-state index contributed by atoms with van der Waals surface area (Å²) < 4.78 is 39.3. The third-order valence-electron chi connectivity index (χ3n) is 2.04. The first-order valence-electron chi connectivity index (χ1n) is 5.04. The van der Waals surface area contributed by atoms with Gasteiger partial charge < -0.3 is 0 Å². The van der Waals surface area contributed by atoms with E-state index in [1.807, 2.05) is 19.1 Å². The van der Waals surface area contributed by atoms with E-state index in [2.05, 4.69) is 4.72 Å². The molecule has 0 spiro atoms. The van der Waals surface area contributed by atoms with E-state index in [4.69, 9.17) is 11.6 Å². The van der Waals surface area contributed by atoms with Crippen molar-refractivity contribution >= 4 is 21.6 Å². The van der Waals surface area contributed by atoms with Gasteiger partial charge in [0.25, 0.3) is 0 Å². The highest BCUT2D eigenvalue weighted by atomic mass is 35.5. The number of allylic oxidation sites excluding steroid dienone is 1. The lowest BCUT2D eigenvalue weighted by molar-refractivity contribution is 0.557. The van der Waals surface area contributed by atoms with Gasteiger partial charge in [-0.25, -0.2) is 17.5 Å². The average molecular weight is 278 g/mol. The van der Waals surface area contributed by atoms with E-state index < -0.39 is 20.7 Å². The van der Waals surface area contributed by atoms with Crippen molar-refractivity contribution in [1.82, 2.24) is 4.72 Å². The van der Waals surface area contributed by atoms with Gasteiger partial charge in [-0.2, -0.15) is 0 Å². The zero-order valence-corrected chi connectivity index (χ0v) is 10.9. The summed E-state index contributed by atoms with van der Waals surface area (Å²) >= 11 is 5.53. The van der Waals surface area contributed by atoms with Gasteiger partial charge in [-0.3, -0.25) is 0 Å². The second-order valence-electron chi connectivity index (χ2n) is 3.31. The minimum atomic E-state index is -3.84. The van der Waals surface area contributed by atoms with Crippen molar-refractivity contribution in [3.63, 3.8) is 0 Å². The Hall–Kier alpha value is -0.910. The zero-order chi connectivity index (χ0) is 12.9. The summed E-state index contributed by atoms with van der Waals surface area (Å²) in [6, 6.07) is 3.88. The maximum atomic E-state index is 13.5. The summed E-state index contributed by atoms with van der Waals surface area (Å²) in [5, 5.41) is -0.207. The van der Waals surface area contributed by atoms with Crippen molar-refractivity contribution in [1.29, 1.82) is 0 Å². The molecule has 3 nitrogen and oxygen atoms in total. The van der Waals surface area contributed by atoms with Crippen molar-refractivity contribution in [2.45, 2.75) is 18.2 Å². The van der Waals surface area contributed by atoms with Crippen molar-refractivity contribution in [2.75, 3.05) is 6.54 Å². The van der Waals surface area contributed by atoms with Gasteiger partial charge >= 0.3 is 0 Å². The first-order valence-corrected chi connectivity index (χ1v) is 6.90. The molecular formula is C11H13ClFNO2S. The molecule has 1 N–H and O–H groups in total. The number of nitrogens with one attached hydrogen (secondary N) is 1. The van der Waals surface area contributed by atoms with Crippen LogP contribution in [0.4, 0.5) is 4.39 Å². The van der Waals surface area contributed by atoms with Crippen LogP contribution in [0.3, 0.4) is 0 Å². The topological polar surface area (TPSA) is 46.2 Å². The van der Waals surface area contributed by atoms with Crippen LogP contribution in [0.5, 0.6) is 0 Å². The summed E-state index contributed by atoms with van der Waals surface area (Å²) in [5.41, 5.74) is 0. The molecule has 94 valence electrons. The lowest BCUT2D eigenvalue weighted by atomic mass is 10.3. The molecule has 0 aliphatic rings. The number of sulfonamides is 1. The molecule has 0 atom stereocenters. The van der Waals surface area contributed by atoms with Gasteiger partial charge in [0.2, 0.25) is 10.0 Å². The molecule has 0 bridgehead atoms. The van der Waals surface area contributed by atoms with E-state index in [1.54, 1.807) is 0 Å². The van der Waals surface area contributed by atoms with Crippen LogP contribution < -0.4 is 4.72 Å². The minimum Gasteiger partial charge on any atom is -0.211 e. The van der Waals surface area contributed by atoms with Crippen LogP contribution in [-0.2, 0) is 10.0 Å². The highest BCUT2D eigenvalue weighted by Crippen LogP contribution is 2.21. The molecule has 0 unspecified atom stereocenters. The van der Waals surface area contributed by atoms with Crippen LogP contribution in [-0.4, -0.2) is 15.0 Å². The van der Waals surface area contributed by atoms with Crippen LogP contribution in [0.2, 0.25) is 5.02 Å². The van der Waals surface area contributed by atoms with Crippen LogP contribution in [0, 0.1) is 5.82 Å². The van der Waals surface area contributed by atoms with E-state index in [9.17, 15) is 12.8 Å². The van der Waals surface area contributed by atoms with Gasteiger partial charge in [0.05, 0.1) is 5.02 Å². The molecule has 0 saturated carbocycles. The van der Waals surface area contributed by atoms with Crippen LogP contribution in [0.1, 0.15) is 13.3 Å². The number of benzene rings is 1. The molecule has 0 saturated heterocycles. The van der Waals surface area contributed by atoms with E-state index in [1.165, 1.54) is 18.2 Å². The molecule has 0 amide bonds. The Morgan fingerprint density at radius 3 is 2.82 bits per heavy atom. The van der Waals surface area contributed by atoms with E-state index in [-0.39, 0.29) is 11.6 Å². The quantitative estimate of drug-likeness (QED) is 0.664. The third kappa shape index (κ3) is 3.80. The monoisotopic (exact) mass is 277 g/mol. The Morgan fingerprint density at radius 1 is 1.47 bits per heavy atom. The molecule has 1 aromatic carbocycles. The molecule has 1 rings (SSSR count). The molecule has 0 aliphatic heterocycles. The van der Waals surface area contributed by atoms with E-state index >= 15 is 0 Å². The zero-order valence-electron chi connectivity index (χ0n) is 9.28. The molecule has 6 heteroatoms. The highest BCUT2D eigenvalue weighted by molar-refractivity contribution is 7.89. The lowest BCUT2D eigenvalue weighted by Crippen LogP contribution is -2.25. The van der Waals surface area contributed by atoms with E-state index in [0.717, 1.165) is 0 Å². The fourth-order valence-corrected chi connectivity index (χ4v) is 2.59. The molecule has 0 radical (unpaired) electrons. The number of hydrogen-bond acceptors (Lipinski definition) is 2. The molecule has 0 aromatic heterocycles. The van der Waals surface area contributed by atoms with Gasteiger partial charge in [-0.1, -0.05) is 29.8 Å². The fourth-order valence-electron chi connectivity index (χ4n) is 1.21. The molecule has 0 fully saturated rings. The van der Waals surface area contributed by atoms with Crippen molar-refractivity contribution in [2.24, 2.45) is 0 Å². The predicted octanol–water partition coefficient (Wildman–Crippen LogP) is 2.72. The summed E-state index contributed by atoms with van der Waals surface area (Å²) in [6.07, 6.45) is 4.18. The van der Waals surface area contributed by atoms with Gasteiger partial charge in [-0.15, -0.1) is 0 Å². The smallest absolute Gasteiger partial charge is 0.211 e. The molecule has 0 heterocycles. The van der Waals surface area contributed by atoms with Crippen LogP contribution >= 0.6 is 11.6 Å². The Morgan fingerprint density at radius 2 is 2.18 bits per heavy atom. The van der Waals surface area contributed by atoms with Crippen LogP contribution in [0.25, 0.3) is 0 Å². The van der Waals surface area contributed by atoms with E-state index in [0.29, 0.717) is 6.42 Å². The van der Waals surface area contributed by atoms with Crippen molar-refractivity contribution in [3.8, 4) is 0 Å². The van der Waals surface area contributed by atoms with Crippen molar-refractivity contribution in [3.05, 3.63) is 41.2 Å². The second-order valence-corrected chi connectivity index (χ2v) is 5.45. The second kappa shape index (κ2) is 6.14. The summed E-state index contributed by atoms with van der Waals surface area (Å²) in [4.78, 5) is -0.425. The van der Waals surface area contributed by atoms with Gasteiger partial charge in [0, 0.05) is 6.54 Å². The molecule has 0 aliphatic carbocycles. The SMILES string of the molecule is C/C=C/CCNS(=O)(=O)c1cccc(Cl)c1F. The Balaban J connectivity index is 2.86. The Bertz CT molecular complexity index is 514. The molecule has 1 aromatic rings. The first-order chi connectivity index (χ1) is 7.99. The lowest BCUT2D eigenvalue weighted by Gasteiger charge is -2.07. The minimum absolute atomic E-state index is 0.207. The molecule has 17 heavy (non-hydrogen) atoms. The van der Waals surface area contributed by atoms with Gasteiger partial charge in [0.15, 0.2) is 5.82 Å². The fraction of sp³-hybridized carbons (Fsp3) is 0.273. The third-order valence-corrected chi connectivity index (χ3v) is 3.81. The normalized spacial score (nSPS) is 12.2.